The van der Waals surface area contributed by atoms with E-state index in [1.54, 1.807) is 36.4 Å². The quantitative estimate of drug-likeness (QED) is 0.497. The molecule has 1 aromatic rings. The predicted molar refractivity (Wildman–Crippen MR) is 87.7 cm³/mol. The number of hydrogen-bond donors (Lipinski definition) is 2. The maximum absolute atomic E-state index is 10.7. The van der Waals surface area contributed by atoms with Crippen LogP contribution < -0.4 is 0 Å². The minimum Gasteiger partial charge on any atom is -0.507 e. The molecule has 2 N–H and O–H groups in total. The summed E-state index contributed by atoms with van der Waals surface area (Å²) in [6.07, 6.45) is 7.57. The maximum atomic E-state index is 10.7. The fourth-order valence-electron chi connectivity index (χ4n) is 1.75. The van der Waals surface area contributed by atoms with Gasteiger partial charge in [0.25, 0.3) is 0 Å². The number of carbonyl (C=O) groups is 1. The van der Waals surface area contributed by atoms with Gasteiger partial charge in [0.15, 0.2) is 0 Å². The summed E-state index contributed by atoms with van der Waals surface area (Å²) in [5.41, 5.74) is 1.83. The molecule has 6 heteroatoms. The molecule has 0 atom stereocenters. The van der Waals surface area contributed by atoms with Gasteiger partial charge in [-0.25, -0.2) is 4.40 Å². The highest BCUT2D eigenvalue weighted by Crippen LogP contribution is 2.30. The molecule has 0 spiro atoms. The third kappa shape index (κ3) is 4.60. The topological polar surface area (TPSA) is 82.7 Å². The highest BCUT2D eigenvalue weighted by molar-refractivity contribution is 7.98. The number of benzene rings is 1. The van der Waals surface area contributed by atoms with Crippen molar-refractivity contribution >= 4 is 29.3 Å². The van der Waals surface area contributed by atoms with Gasteiger partial charge in [0.2, 0.25) is 0 Å². The molecule has 1 aliphatic rings. The van der Waals surface area contributed by atoms with Crippen LogP contribution in [0, 0.1) is 5.41 Å². The Bertz CT molecular complexity index is 678. The average molecular weight is 316 g/mol. The molecule has 0 unspecified atom stereocenters. The summed E-state index contributed by atoms with van der Waals surface area (Å²) in [5, 5.41) is 17.6. The second-order valence-corrected chi connectivity index (χ2v) is 5.40. The predicted octanol–water partition coefficient (Wildman–Crippen LogP) is 3.09. The van der Waals surface area contributed by atoms with Gasteiger partial charge in [-0.3, -0.25) is 10.2 Å². The lowest BCUT2D eigenvalue weighted by Crippen LogP contribution is -2.08. The lowest BCUT2D eigenvalue weighted by atomic mass is 10.1. The zero-order chi connectivity index (χ0) is 15.9. The van der Waals surface area contributed by atoms with Crippen LogP contribution in [0.1, 0.15) is 12.5 Å². The molecule has 2 rings (SSSR count). The number of phenols is 1. The minimum absolute atomic E-state index is 0.132. The van der Waals surface area contributed by atoms with E-state index in [2.05, 4.69) is 4.40 Å². The first-order valence-electron chi connectivity index (χ1n) is 6.70. The van der Waals surface area contributed by atoms with Crippen molar-refractivity contribution < 1.29 is 14.6 Å². The van der Waals surface area contributed by atoms with Crippen molar-refractivity contribution in [1.29, 1.82) is 5.41 Å². The molecule has 0 saturated heterocycles. The molecule has 0 radical (unpaired) electrons. The molecule has 0 amide bonds. The summed E-state index contributed by atoms with van der Waals surface area (Å²) in [6, 6.07) is 5.18. The zero-order valence-corrected chi connectivity index (χ0v) is 12.9. The summed E-state index contributed by atoms with van der Waals surface area (Å²) in [4.78, 5) is 11.3. The summed E-state index contributed by atoms with van der Waals surface area (Å²) in [7, 11) is 0. The van der Waals surface area contributed by atoms with Gasteiger partial charge in [-0.2, -0.15) is 0 Å². The van der Waals surface area contributed by atoms with Crippen molar-refractivity contribution in [2.45, 2.75) is 18.2 Å². The summed E-state index contributed by atoms with van der Waals surface area (Å²) in [6.45, 7) is 1.67. The van der Waals surface area contributed by atoms with Crippen molar-refractivity contribution in [2.75, 3.05) is 6.61 Å². The minimum atomic E-state index is -0.310. The number of ether oxygens (including phenoxy) is 1. The van der Waals surface area contributed by atoms with Crippen LogP contribution in [0.4, 0.5) is 0 Å². The van der Waals surface area contributed by atoms with Crippen LogP contribution in [-0.4, -0.2) is 29.1 Å². The van der Waals surface area contributed by atoms with Gasteiger partial charge >= 0.3 is 5.97 Å². The summed E-state index contributed by atoms with van der Waals surface area (Å²) < 4.78 is 9.17. The summed E-state index contributed by atoms with van der Waals surface area (Å²) >= 11 is 1.12. The van der Waals surface area contributed by atoms with E-state index in [9.17, 15) is 9.90 Å². The molecule has 0 aliphatic heterocycles. The molecule has 0 heterocycles. The zero-order valence-electron chi connectivity index (χ0n) is 12.1. The number of carbonyl (C=O) groups excluding carboxylic acids is 1. The van der Waals surface area contributed by atoms with Crippen LogP contribution in [0.3, 0.4) is 0 Å². The SMILES string of the molecule is CC(=O)OCCc1ccc(O)c(S/N=C2/C=CC=CC2=N)c1. The van der Waals surface area contributed by atoms with E-state index in [1.165, 1.54) is 6.92 Å². The molecule has 1 aromatic carbocycles. The van der Waals surface area contributed by atoms with E-state index in [0.717, 1.165) is 17.5 Å². The van der Waals surface area contributed by atoms with Crippen molar-refractivity contribution in [2.24, 2.45) is 4.40 Å². The average Bonchev–Trinajstić information content (AvgIpc) is 2.48. The second-order valence-electron chi connectivity index (χ2n) is 4.59. The molecule has 5 nitrogen and oxygen atoms in total. The third-order valence-electron chi connectivity index (χ3n) is 2.87. The van der Waals surface area contributed by atoms with Gasteiger partial charge in [-0.15, -0.1) is 0 Å². The Morgan fingerprint density at radius 1 is 1.36 bits per heavy atom. The highest BCUT2D eigenvalue weighted by atomic mass is 32.2. The largest absolute Gasteiger partial charge is 0.507 e. The number of hydrogen-bond acceptors (Lipinski definition) is 6. The van der Waals surface area contributed by atoms with Crippen LogP contribution in [0.2, 0.25) is 0 Å². The van der Waals surface area contributed by atoms with Gasteiger partial charge in [0.1, 0.15) is 5.75 Å². The molecular formula is C16H16N2O3S. The van der Waals surface area contributed by atoms with Crippen LogP contribution in [0.25, 0.3) is 0 Å². The lowest BCUT2D eigenvalue weighted by Gasteiger charge is -2.07. The second kappa shape index (κ2) is 7.61. The van der Waals surface area contributed by atoms with Crippen LogP contribution >= 0.6 is 11.9 Å². The lowest BCUT2D eigenvalue weighted by molar-refractivity contribution is -0.140. The highest BCUT2D eigenvalue weighted by Gasteiger charge is 2.07. The number of esters is 1. The number of aromatic hydroxyl groups is 1. The smallest absolute Gasteiger partial charge is 0.302 e. The van der Waals surface area contributed by atoms with E-state index >= 15 is 0 Å². The molecule has 0 bridgehead atoms. The Hall–Kier alpha value is -2.34. The van der Waals surface area contributed by atoms with Crippen LogP contribution in [0.5, 0.6) is 5.75 Å². The first kappa shape index (κ1) is 16.0. The van der Waals surface area contributed by atoms with E-state index in [0.29, 0.717) is 29.3 Å². The van der Waals surface area contributed by atoms with Gasteiger partial charge in [-0.05, 0) is 29.8 Å². The fraction of sp³-hybridized carbons (Fsp3) is 0.188. The summed E-state index contributed by atoms with van der Waals surface area (Å²) in [5.74, 6) is -0.178. The number of nitrogens with zero attached hydrogens (tertiary/aromatic N) is 1. The molecule has 114 valence electrons. The Kier molecular flexibility index (Phi) is 5.55. The molecule has 1 aliphatic carbocycles. The molecular weight excluding hydrogens is 300 g/mol. The van der Waals surface area contributed by atoms with Crippen LogP contribution in [-0.2, 0) is 16.0 Å². The molecule has 0 fully saturated rings. The number of nitrogens with one attached hydrogen (secondary N) is 1. The number of phenolic OH excluding ortho intramolecular Hbond substituents is 1. The molecule has 22 heavy (non-hydrogen) atoms. The Balaban J connectivity index is 2.05. The van der Waals surface area contributed by atoms with Crippen molar-refractivity contribution in [3.63, 3.8) is 0 Å². The molecule has 0 aromatic heterocycles. The van der Waals surface area contributed by atoms with Gasteiger partial charge in [-0.1, -0.05) is 18.2 Å². The third-order valence-corrected chi connectivity index (χ3v) is 3.68. The van der Waals surface area contributed by atoms with Crippen molar-refractivity contribution in [3.05, 3.63) is 48.1 Å². The van der Waals surface area contributed by atoms with E-state index in [1.807, 2.05) is 6.08 Å². The van der Waals surface area contributed by atoms with E-state index in [-0.39, 0.29) is 11.7 Å². The Labute approximate surface area is 133 Å². The fourth-order valence-corrected chi connectivity index (χ4v) is 2.47. The van der Waals surface area contributed by atoms with Crippen molar-refractivity contribution in [1.82, 2.24) is 0 Å². The standard InChI is InChI=1S/C16H16N2O3S/c1-11(19)21-9-8-12-6-7-15(20)16(10-12)22-18-14-5-3-2-4-13(14)17/h2-7,10,17,20H,8-9H2,1H3/b17-13?,18-14-. The monoisotopic (exact) mass is 316 g/mol. The first-order chi connectivity index (χ1) is 10.6. The Morgan fingerprint density at radius 2 is 2.14 bits per heavy atom. The normalized spacial score (nSPS) is 15.3. The number of rotatable bonds is 5. The first-order valence-corrected chi connectivity index (χ1v) is 7.47. The number of allylic oxidation sites excluding steroid dienone is 4. The van der Waals surface area contributed by atoms with Gasteiger partial charge < -0.3 is 9.84 Å². The Morgan fingerprint density at radius 3 is 2.86 bits per heavy atom. The maximum Gasteiger partial charge on any atom is 0.302 e. The van der Waals surface area contributed by atoms with Gasteiger partial charge in [0, 0.05) is 25.3 Å². The van der Waals surface area contributed by atoms with E-state index < -0.39 is 0 Å². The van der Waals surface area contributed by atoms with Crippen molar-refractivity contribution in [3.8, 4) is 5.75 Å². The van der Waals surface area contributed by atoms with Crippen LogP contribution in [0.15, 0.2) is 51.8 Å². The van der Waals surface area contributed by atoms with Gasteiger partial charge in [0.05, 0.1) is 22.9 Å². The van der Waals surface area contributed by atoms with E-state index in [4.69, 9.17) is 10.1 Å². The molecule has 0 saturated carbocycles.